The molecule has 3 N–H and O–H groups in total. The zero-order valence-electron chi connectivity index (χ0n) is 11.7. The van der Waals surface area contributed by atoms with E-state index < -0.39 is 10.0 Å². The lowest BCUT2D eigenvalue weighted by Crippen LogP contribution is -2.15. The molecule has 0 saturated heterocycles. The van der Waals surface area contributed by atoms with Crippen LogP contribution in [0.15, 0.2) is 35.2 Å². The van der Waals surface area contributed by atoms with E-state index in [4.69, 9.17) is 10.5 Å². The second kappa shape index (κ2) is 5.96. The van der Waals surface area contributed by atoms with Gasteiger partial charge in [-0.3, -0.25) is 4.72 Å². The first-order valence-electron chi connectivity index (χ1n) is 6.27. The molecule has 112 valence electrons. The number of sulfonamides is 1. The number of nitrogen functional groups attached to an aromatic ring is 1. The highest BCUT2D eigenvalue weighted by Gasteiger charge is 2.15. The van der Waals surface area contributed by atoms with Crippen LogP contribution in [0.1, 0.15) is 12.6 Å². The predicted octanol–water partition coefficient (Wildman–Crippen LogP) is 1.57. The lowest BCUT2D eigenvalue weighted by Gasteiger charge is -2.09. The van der Waals surface area contributed by atoms with Crippen molar-refractivity contribution in [2.75, 3.05) is 17.1 Å². The molecule has 0 amide bonds. The molecule has 0 aliphatic carbocycles. The van der Waals surface area contributed by atoms with E-state index in [1.807, 2.05) is 0 Å². The van der Waals surface area contributed by atoms with Gasteiger partial charge in [-0.1, -0.05) is 0 Å². The summed E-state index contributed by atoms with van der Waals surface area (Å²) in [6.45, 7) is 3.92. The maximum Gasteiger partial charge on any atom is 0.318 e. The first-order chi connectivity index (χ1) is 9.90. The van der Waals surface area contributed by atoms with Crippen molar-refractivity contribution in [1.29, 1.82) is 0 Å². The normalized spacial score (nSPS) is 11.1. The smallest absolute Gasteiger partial charge is 0.318 e. The summed E-state index contributed by atoms with van der Waals surface area (Å²) in [5.74, 6) is 0.155. The van der Waals surface area contributed by atoms with Gasteiger partial charge >= 0.3 is 6.01 Å². The van der Waals surface area contributed by atoms with E-state index in [0.717, 1.165) is 0 Å². The molecule has 21 heavy (non-hydrogen) atoms. The van der Waals surface area contributed by atoms with Crippen molar-refractivity contribution in [2.45, 2.75) is 18.7 Å². The van der Waals surface area contributed by atoms with Crippen molar-refractivity contribution < 1.29 is 13.2 Å². The quantitative estimate of drug-likeness (QED) is 0.812. The lowest BCUT2D eigenvalue weighted by molar-refractivity contribution is 0.312. The van der Waals surface area contributed by atoms with Crippen molar-refractivity contribution in [3.05, 3.63) is 36.0 Å². The third-order valence-electron chi connectivity index (χ3n) is 2.54. The maximum atomic E-state index is 12.2. The largest absolute Gasteiger partial charge is 0.464 e. The molecule has 0 atom stereocenters. The summed E-state index contributed by atoms with van der Waals surface area (Å²) in [6, 6.07) is 7.55. The molecule has 0 aliphatic rings. The fraction of sp³-hybridized carbons (Fsp3) is 0.231. The molecule has 1 aromatic heterocycles. The second-order valence-corrected chi connectivity index (χ2v) is 5.97. The molecule has 0 saturated carbocycles. The summed E-state index contributed by atoms with van der Waals surface area (Å²) < 4.78 is 32.1. The molecule has 0 bridgehead atoms. The van der Waals surface area contributed by atoms with Gasteiger partial charge in [0.1, 0.15) is 5.82 Å². The number of nitrogens with zero attached hydrogens (tertiary/aromatic N) is 2. The van der Waals surface area contributed by atoms with Crippen LogP contribution in [0.5, 0.6) is 6.01 Å². The van der Waals surface area contributed by atoms with E-state index in [9.17, 15) is 8.42 Å². The van der Waals surface area contributed by atoms with Crippen molar-refractivity contribution in [1.82, 2.24) is 9.97 Å². The SMILES string of the molecule is CCOc1nc(C)cc(NS(=O)(=O)c2ccc(N)cc2)n1. The van der Waals surface area contributed by atoms with E-state index in [-0.39, 0.29) is 16.7 Å². The number of aryl methyl sites for hydroxylation is 1. The van der Waals surface area contributed by atoms with Crippen LogP contribution in [0.2, 0.25) is 0 Å². The number of ether oxygens (including phenoxy) is 1. The van der Waals surface area contributed by atoms with Gasteiger partial charge in [-0.2, -0.15) is 4.98 Å². The molecular weight excluding hydrogens is 292 g/mol. The number of nitrogens with one attached hydrogen (secondary N) is 1. The Kier molecular flexibility index (Phi) is 4.27. The zero-order valence-corrected chi connectivity index (χ0v) is 12.5. The van der Waals surface area contributed by atoms with Gasteiger partial charge in [0.05, 0.1) is 11.5 Å². The summed E-state index contributed by atoms with van der Waals surface area (Å²) in [7, 11) is -3.73. The van der Waals surface area contributed by atoms with E-state index in [0.29, 0.717) is 18.0 Å². The average Bonchev–Trinajstić information content (AvgIpc) is 2.38. The van der Waals surface area contributed by atoms with Gasteiger partial charge in [-0.05, 0) is 38.1 Å². The molecule has 2 aromatic rings. The van der Waals surface area contributed by atoms with Crippen LogP contribution < -0.4 is 15.2 Å². The van der Waals surface area contributed by atoms with Gasteiger partial charge in [-0.25, -0.2) is 13.4 Å². The van der Waals surface area contributed by atoms with E-state index >= 15 is 0 Å². The number of anilines is 2. The van der Waals surface area contributed by atoms with E-state index in [1.165, 1.54) is 30.3 Å². The number of hydrogen-bond donors (Lipinski definition) is 2. The molecule has 0 fully saturated rings. The van der Waals surface area contributed by atoms with Crippen molar-refractivity contribution >= 4 is 21.5 Å². The number of benzene rings is 1. The van der Waals surface area contributed by atoms with Crippen molar-refractivity contribution in [3.63, 3.8) is 0 Å². The molecule has 0 unspecified atom stereocenters. The Bertz CT molecular complexity index is 730. The molecule has 2 rings (SSSR count). The highest BCUT2D eigenvalue weighted by Crippen LogP contribution is 2.18. The predicted molar refractivity (Wildman–Crippen MR) is 79.6 cm³/mol. The Labute approximate surface area is 123 Å². The average molecular weight is 308 g/mol. The zero-order chi connectivity index (χ0) is 15.5. The minimum atomic E-state index is -3.73. The van der Waals surface area contributed by atoms with E-state index in [2.05, 4.69) is 14.7 Å². The standard InChI is InChI=1S/C13H16N4O3S/c1-3-20-13-15-9(2)8-12(16-13)17-21(18,19)11-6-4-10(14)5-7-11/h4-8H,3,14H2,1-2H3,(H,15,16,17). The van der Waals surface area contributed by atoms with Crippen LogP contribution in [0.25, 0.3) is 0 Å². The highest BCUT2D eigenvalue weighted by atomic mass is 32.2. The number of aromatic nitrogens is 2. The lowest BCUT2D eigenvalue weighted by atomic mass is 10.3. The Balaban J connectivity index is 2.30. The summed E-state index contributed by atoms with van der Waals surface area (Å²) >= 11 is 0. The van der Waals surface area contributed by atoms with Crippen LogP contribution in [0.4, 0.5) is 11.5 Å². The molecule has 0 aliphatic heterocycles. The van der Waals surface area contributed by atoms with Gasteiger partial charge in [0.2, 0.25) is 0 Å². The van der Waals surface area contributed by atoms with Gasteiger partial charge in [-0.15, -0.1) is 0 Å². The first-order valence-corrected chi connectivity index (χ1v) is 7.76. The molecule has 1 heterocycles. The van der Waals surface area contributed by atoms with Crippen LogP contribution in [-0.4, -0.2) is 25.0 Å². The Morgan fingerprint density at radius 2 is 1.90 bits per heavy atom. The summed E-state index contributed by atoms with van der Waals surface area (Å²) in [5.41, 5.74) is 6.63. The van der Waals surface area contributed by atoms with Crippen molar-refractivity contribution in [2.24, 2.45) is 0 Å². The third-order valence-corrected chi connectivity index (χ3v) is 3.91. The van der Waals surface area contributed by atoms with Crippen LogP contribution in [0.3, 0.4) is 0 Å². The van der Waals surface area contributed by atoms with Gasteiger partial charge in [0.25, 0.3) is 10.0 Å². The van der Waals surface area contributed by atoms with Crippen LogP contribution >= 0.6 is 0 Å². The molecule has 7 nitrogen and oxygen atoms in total. The minimum absolute atomic E-state index is 0.103. The molecule has 0 spiro atoms. The third kappa shape index (κ3) is 3.82. The Morgan fingerprint density at radius 3 is 2.52 bits per heavy atom. The van der Waals surface area contributed by atoms with Crippen LogP contribution in [-0.2, 0) is 10.0 Å². The Hall–Kier alpha value is -2.35. The summed E-state index contributed by atoms with van der Waals surface area (Å²) in [5, 5.41) is 0. The van der Waals surface area contributed by atoms with E-state index in [1.54, 1.807) is 13.8 Å². The summed E-state index contributed by atoms with van der Waals surface area (Å²) in [6.07, 6.45) is 0. The van der Waals surface area contributed by atoms with Gasteiger partial charge in [0, 0.05) is 17.4 Å². The molecular formula is C13H16N4O3S. The molecule has 1 aromatic carbocycles. The minimum Gasteiger partial charge on any atom is -0.464 e. The second-order valence-electron chi connectivity index (χ2n) is 4.28. The molecule has 8 heteroatoms. The fourth-order valence-electron chi connectivity index (χ4n) is 1.63. The maximum absolute atomic E-state index is 12.2. The van der Waals surface area contributed by atoms with Gasteiger partial charge < -0.3 is 10.5 Å². The van der Waals surface area contributed by atoms with Gasteiger partial charge in [0.15, 0.2) is 0 Å². The number of hydrogen-bond acceptors (Lipinski definition) is 6. The topological polar surface area (TPSA) is 107 Å². The van der Waals surface area contributed by atoms with Crippen molar-refractivity contribution in [3.8, 4) is 6.01 Å². The fourth-order valence-corrected chi connectivity index (χ4v) is 2.62. The monoisotopic (exact) mass is 308 g/mol. The molecule has 0 radical (unpaired) electrons. The highest BCUT2D eigenvalue weighted by molar-refractivity contribution is 7.92. The summed E-state index contributed by atoms with van der Waals surface area (Å²) in [4.78, 5) is 8.16. The first kappa shape index (κ1) is 15.0. The number of nitrogens with two attached hydrogens (primary N) is 1. The number of rotatable bonds is 5. The Morgan fingerprint density at radius 1 is 1.24 bits per heavy atom. The van der Waals surface area contributed by atoms with Crippen LogP contribution in [0, 0.1) is 6.92 Å².